The van der Waals surface area contributed by atoms with Gasteiger partial charge in [-0.1, -0.05) is 11.6 Å². The summed E-state index contributed by atoms with van der Waals surface area (Å²) in [6, 6.07) is 1.72. The maximum absolute atomic E-state index is 11.5. The number of sulfone groups is 1. The van der Waals surface area contributed by atoms with E-state index in [1.165, 1.54) is 0 Å². The Hall–Kier alpha value is -0.810. The van der Waals surface area contributed by atoms with Crippen LogP contribution in [0.3, 0.4) is 0 Å². The zero-order chi connectivity index (χ0) is 11.8. The molecular formula is C10H13ClN2O2S. The van der Waals surface area contributed by atoms with Gasteiger partial charge in [-0.2, -0.15) is 0 Å². The number of hydrogen-bond donors (Lipinski definition) is 1. The molecule has 1 aromatic heterocycles. The zero-order valence-corrected chi connectivity index (χ0v) is 10.3. The lowest BCUT2D eigenvalue weighted by Crippen LogP contribution is -2.23. The number of pyridine rings is 1. The van der Waals surface area contributed by atoms with Crippen molar-refractivity contribution in [1.29, 1.82) is 0 Å². The van der Waals surface area contributed by atoms with Gasteiger partial charge >= 0.3 is 0 Å². The highest BCUT2D eigenvalue weighted by molar-refractivity contribution is 7.91. The van der Waals surface area contributed by atoms with E-state index < -0.39 is 9.84 Å². The molecule has 0 aromatic carbocycles. The van der Waals surface area contributed by atoms with Crippen LogP contribution in [0.25, 0.3) is 0 Å². The molecule has 0 aliphatic carbocycles. The van der Waals surface area contributed by atoms with E-state index in [0.717, 1.165) is 12.0 Å². The van der Waals surface area contributed by atoms with Crippen molar-refractivity contribution in [3.8, 4) is 0 Å². The van der Waals surface area contributed by atoms with E-state index in [-0.39, 0.29) is 16.8 Å². The van der Waals surface area contributed by atoms with Crippen LogP contribution in [0.2, 0.25) is 5.15 Å². The van der Waals surface area contributed by atoms with Crippen LogP contribution in [0.4, 0.5) is 5.69 Å². The minimum absolute atomic E-state index is 0.00539. The van der Waals surface area contributed by atoms with E-state index in [4.69, 9.17) is 17.3 Å². The van der Waals surface area contributed by atoms with Crippen molar-refractivity contribution in [2.24, 2.45) is 0 Å². The molecule has 2 heterocycles. The van der Waals surface area contributed by atoms with Crippen LogP contribution < -0.4 is 5.73 Å². The fraction of sp³-hybridized carbons (Fsp3) is 0.500. The first-order chi connectivity index (χ1) is 7.48. The summed E-state index contributed by atoms with van der Waals surface area (Å²) in [4.78, 5) is 3.95. The van der Waals surface area contributed by atoms with Gasteiger partial charge in [0.15, 0.2) is 15.0 Å². The van der Waals surface area contributed by atoms with Crippen LogP contribution in [0.1, 0.15) is 24.3 Å². The van der Waals surface area contributed by atoms with Crippen molar-refractivity contribution < 1.29 is 8.42 Å². The van der Waals surface area contributed by atoms with E-state index >= 15 is 0 Å². The first kappa shape index (κ1) is 11.7. The highest BCUT2D eigenvalue weighted by Gasteiger charge is 2.26. The van der Waals surface area contributed by atoms with Crippen LogP contribution in [0.15, 0.2) is 12.3 Å². The number of halogens is 1. The van der Waals surface area contributed by atoms with Gasteiger partial charge in [0, 0.05) is 6.20 Å². The molecule has 16 heavy (non-hydrogen) atoms. The summed E-state index contributed by atoms with van der Waals surface area (Å²) in [6.07, 6.45) is 3.18. The Morgan fingerprint density at radius 2 is 2.25 bits per heavy atom. The minimum atomic E-state index is -2.90. The van der Waals surface area contributed by atoms with Gasteiger partial charge in [-0.3, -0.25) is 0 Å². The van der Waals surface area contributed by atoms with Crippen molar-refractivity contribution in [2.45, 2.75) is 18.8 Å². The second-order valence-electron chi connectivity index (χ2n) is 4.10. The number of aromatic nitrogens is 1. The Bertz CT molecular complexity index is 502. The number of nitrogens with two attached hydrogens (primary N) is 1. The van der Waals surface area contributed by atoms with Gasteiger partial charge in [0.2, 0.25) is 0 Å². The largest absolute Gasteiger partial charge is 0.396 e. The lowest BCUT2D eigenvalue weighted by Gasteiger charge is -2.22. The lowest BCUT2D eigenvalue weighted by molar-refractivity contribution is 0.554. The monoisotopic (exact) mass is 260 g/mol. The van der Waals surface area contributed by atoms with Crippen molar-refractivity contribution in [3.05, 3.63) is 23.0 Å². The molecule has 0 saturated carbocycles. The second kappa shape index (κ2) is 4.22. The van der Waals surface area contributed by atoms with Gasteiger partial charge in [0.1, 0.15) is 0 Å². The van der Waals surface area contributed by atoms with Crippen molar-refractivity contribution in [2.75, 3.05) is 17.2 Å². The number of rotatable bonds is 1. The Kier molecular flexibility index (Phi) is 3.08. The van der Waals surface area contributed by atoms with Gasteiger partial charge in [-0.05, 0) is 30.4 Å². The van der Waals surface area contributed by atoms with Gasteiger partial charge in [0.05, 0.1) is 17.2 Å². The molecule has 2 N–H and O–H groups in total. The number of nitrogens with zero attached hydrogens (tertiary/aromatic N) is 1. The number of anilines is 1. The second-order valence-corrected chi connectivity index (χ2v) is 6.69. The maximum Gasteiger partial charge on any atom is 0.151 e. The zero-order valence-electron chi connectivity index (χ0n) is 8.69. The standard InChI is InChI=1S/C10H13ClN2O2S/c11-10-9(12)4-8(5-13-10)7-2-1-3-16(14,15)6-7/h4-5,7H,1-3,6,12H2. The molecule has 1 aliphatic heterocycles. The SMILES string of the molecule is Nc1cc(C2CCCS(=O)(=O)C2)cnc1Cl. The fourth-order valence-corrected chi connectivity index (χ4v) is 3.84. The molecule has 1 fully saturated rings. The predicted octanol–water partition coefficient (Wildman–Crippen LogP) is 1.61. The van der Waals surface area contributed by atoms with Crippen LogP contribution in [0.5, 0.6) is 0 Å². The van der Waals surface area contributed by atoms with E-state index in [1.807, 2.05) is 0 Å². The summed E-state index contributed by atoms with van der Waals surface area (Å²) >= 11 is 5.72. The third-order valence-corrected chi connectivity index (χ3v) is 4.96. The van der Waals surface area contributed by atoms with Crippen LogP contribution in [-0.2, 0) is 9.84 Å². The average molecular weight is 261 g/mol. The first-order valence-corrected chi connectivity index (χ1v) is 7.29. The van der Waals surface area contributed by atoms with Crippen molar-refractivity contribution >= 4 is 27.1 Å². The van der Waals surface area contributed by atoms with Crippen LogP contribution in [-0.4, -0.2) is 24.9 Å². The Labute approximate surface area is 99.7 Å². The Morgan fingerprint density at radius 3 is 2.88 bits per heavy atom. The van der Waals surface area contributed by atoms with Gasteiger partial charge in [-0.25, -0.2) is 13.4 Å². The summed E-state index contributed by atoms with van der Waals surface area (Å²) in [5, 5.41) is 0.266. The predicted molar refractivity (Wildman–Crippen MR) is 64.3 cm³/mol. The number of nitrogen functional groups attached to an aromatic ring is 1. The van der Waals surface area contributed by atoms with Gasteiger partial charge in [-0.15, -0.1) is 0 Å². The third-order valence-electron chi connectivity index (χ3n) is 2.82. The topological polar surface area (TPSA) is 73.1 Å². The molecule has 6 heteroatoms. The molecule has 1 atom stereocenters. The quantitative estimate of drug-likeness (QED) is 0.779. The minimum Gasteiger partial charge on any atom is -0.396 e. The van der Waals surface area contributed by atoms with Crippen LogP contribution >= 0.6 is 11.6 Å². The molecule has 1 unspecified atom stereocenters. The molecule has 0 radical (unpaired) electrons. The first-order valence-electron chi connectivity index (χ1n) is 5.09. The third kappa shape index (κ3) is 2.47. The van der Waals surface area contributed by atoms with E-state index in [0.29, 0.717) is 17.9 Å². The van der Waals surface area contributed by atoms with E-state index in [9.17, 15) is 8.42 Å². The normalized spacial score (nSPS) is 24.2. The Morgan fingerprint density at radius 1 is 1.50 bits per heavy atom. The molecule has 0 spiro atoms. The smallest absolute Gasteiger partial charge is 0.151 e. The molecule has 1 saturated heterocycles. The lowest BCUT2D eigenvalue weighted by atomic mass is 9.97. The molecule has 0 bridgehead atoms. The molecule has 2 rings (SSSR count). The van der Waals surface area contributed by atoms with E-state index in [1.54, 1.807) is 12.3 Å². The molecular weight excluding hydrogens is 248 g/mol. The van der Waals surface area contributed by atoms with E-state index in [2.05, 4.69) is 4.98 Å². The highest BCUT2D eigenvalue weighted by atomic mass is 35.5. The van der Waals surface area contributed by atoms with Gasteiger partial charge < -0.3 is 5.73 Å². The van der Waals surface area contributed by atoms with Crippen LogP contribution in [0, 0.1) is 0 Å². The molecule has 1 aliphatic rings. The van der Waals surface area contributed by atoms with Crippen molar-refractivity contribution in [3.63, 3.8) is 0 Å². The average Bonchev–Trinajstić information content (AvgIpc) is 2.20. The summed E-state index contributed by atoms with van der Waals surface area (Å²) < 4.78 is 23.0. The summed E-state index contributed by atoms with van der Waals surface area (Å²) in [5.41, 5.74) is 6.92. The molecule has 0 amide bonds. The van der Waals surface area contributed by atoms with Crippen molar-refractivity contribution in [1.82, 2.24) is 4.98 Å². The number of hydrogen-bond acceptors (Lipinski definition) is 4. The Balaban J connectivity index is 2.27. The summed E-state index contributed by atoms with van der Waals surface area (Å²) in [6.45, 7) is 0. The fourth-order valence-electron chi connectivity index (χ4n) is 1.99. The summed E-state index contributed by atoms with van der Waals surface area (Å²) in [7, 11) is -2.90. The maximum atomic E-state index is 11.5. The molecule has 1 aromatic rings. The summed E-state index contributed by atoms with van der Waals surface area (Å²) in [5.74, 6) is 0.487. The molecule has 88 valence electrons. The highest BCUT2D eigenvalue weighted by Crippen LogP contribution is 2.30. The molecule has 4 nitrogen and oxygen atoms in total. The van der Waals surface area contributed by atoms with Gasteiger partial charge in [0.25, 0.3) is 0 Å².